The van der Waals surface area contributed by atoms with Gasteiger partial charge in [-0.3, -0.25) is 9.59 Å². The van der Waals surface area contributed by atoms with Crippen LogP contribution in [0.4, 0.5) is 11.4 Å². The van der Waals surface area contributed by atoms with Gasteiger partial charge in [-0.25, -0.2) is 9.97 Å². The summed E-state index contributed by atoms with van der Waals surface area (Å²) < 4.78 is 33.5. The fourth-order valence-electron chi connectivity index (χ4n) is 8.44. The molecule has 6 aromatic rings. The van der Waals surface area contributed by atoms with Crippen LogP contribution in [0.1, 0.15) is 71.5 Å². The topological polar surface area (TPSA) is 122 Å². The summed E-state index contributed by atoms with van der Waals surface area (Å²) in [6.45, 7) is 6.01. The Bertz CT molecular complexity index is 2710. The number of carbonyl (C=O) groups excluding carboxylic acids is 2. The number of esters is 2. The number of anilines is 2. The zero-order valence-corrected chi connectivity index (χ0v) is 39.7. The first-order chi connectivity index (χ1) is 32.4. The summed E-state index contributed by atoms with van der Waals surface area (Å²) in [7, 11) is 11.3. The van der Waals surface area contributed by atoms with Crippen molar-refractivity contribution in [2.45, 2.75) is 45.3 Å². The molecule has 2 aromatic heterocycles. The van der Waals surface area contributed by atoms with E-state index in [-0.39, 0.29) is 25.2 Å². The first kappa shape index (κ1) is 48.1. The van der Waals surface area contributed by atoms with Gasteiger partial charge in [0.2, 0.25) is 0 Å². The molecule has 0 unspecified atom stereocenters. The Morgan fingerprint density at radius 3 is 1.33 bits per heavy atom. The Labute approximate surface area is 393 Å². The summed E-state index contributed by atoms with van der Waals surface area (Å²) in [5.74, 6) is 13.2. The highest BCUT2D eigenvalue weighted by molar-refractivity contribution is 5.93. The van der Waals surface area contributed by atoms with Gasteiger partial charge in [0, 0.05) is 108 Å². The Morgan fingerprint density at radius 2 is 0.940 bits per heavy atom. The minimum atomic E-state index is -0.479. The van der Waals surface area contributed by atoms with Crippen molar-refractivity contribution in [3.63, 3.8) is 0 Å². The molecule has 1 aliphatic carbocycles. The molecule has 0 radical (unpaired) electrons. The van der Waals surface area contributed by atoms with Gasteiger partial charge in [0.1, 0.15) is 13.2 Å². The van der Waals surface area contributed by atoms with E-state index in [9.17, 15) is 9.59 Å². The Balaban J connectivity index is 1.27. The number of rotatable bonds is 18. The van der Waals surface area contributed by atoms with E-state index < -0.39 is 5.41 Å². The van der Waals surface area contributed by atoms with Crippen LogP contribution in [0.3, 0.4) is 0 Å². The number of benzene rings is 4. The van der Waals surface area contributed by atoms with E-state index >= 15 is 0 Å². The predicted molar refractivity (Wildman–Crippen MR) is 262 cm³/mol. The molecular formula is C55H58N4O8. The van der Waals surface area contributed by atoms with Gasteiger partial charge in [0.15, 0.2) is 0 Å². The summed E-state index contributed by atoms with van der Waals surface area (Å²) in [6, 6.07) is 29.0. The number of nitrogens with zero attached hydrogens (tertiary/aromatic N) is 4. The number of hydrogen-bond donors (Lipinski definition) is 0. The molecule has 0 amide bonds. The molecule has 0 atom stereocenters. The Morgan fingerprint density at radius 1 is 0.522 bits per heavy atom. The average molecular weight is 903 g/mol. The van der Waals surface area contributed by atoms with Crippen molar-refractivity contribution >= 4 is 45.1 Å². The van der Waals surface area contributed by atoms with Crippen LogP contribution in [0.5, 0.6) is 0 Å². The van der Waals surface area contributed by atoms with Gasteiger partial charge in [0.25, 0.3) is 0 Å². The lowest BCUT2D eigenvalue weighted by molar-refractivity contribution is -0.143. The first-order valence-corrected chi connectivity index (χ1v) is 22.3. The van der Waals surface area contributed by atoms with Gasteiger partial charge in [-0.2, -0.15) is 0 Å². The maximum absolute atomic E-state index is 11.5. The van der Waals surface area contributed by atoms with Crippen LogP contribution in [0.2, 0.25) is 0 Å². The van der Waals surface area contributed by atoms with Crippen LogP contribution in [-0.2, 0) is 56.6 Å². The normalized spacial score (nSPS) is 12.1. The molecule has 0 N–H and O–H groups in total. The molecule has 0 saturated carbocycles. The van der Waals surface area contributed by atoms with E-state index in [4.69, 9.17) is 38.4 Å². The quantitative estimate of drug-likeness (QED) is 0.0470. The third-order valence-corrected chi connectivity index (χ3v) is 11.7. The number of ether oxygens (including phenoxy) is 6. The van der Waals surface area contributed by atoms with Crippen molar-refractivity contribution in [2.24, 2.45) is 0 Å². The van der Waals surface area contributed by atoms with Crippen LogP contribution in [0.25, 0.3) is 32.9 Å². The smallest absolute Gasteiger partial charge is 0.303 e. The SMILES string of the molecule is COCCOCCC1(CCOCCOC)c2cc(C#Cc3cc(N(C)C)c4nc(COC(C)=O)ccc4c3)ccc2-c2ccc(C#Cc3cc(N(C)C)c4nc(COC(C)=O)ccc4c3)cc21. The van der Waals surface area contributed by atoms with Gasteiger partial charge in [0.05, 0.1) is 60.2 Å². The highest BCUT2D eigenvalue weighted by Gasteiger charge is 2.43. The van der Waals surface area contributed by atoms with Gasteiger partial charge < -0.3 is 38.2 Å². The molecule has 67 heavy (non-hydrogen) atoms. The van der Waals surface area contributed by atoms with E-state index in [1.807, 2.05) is 86.5 Å². The largest absolute Gasteiger partial charge is 0.459 e. The maximum atomic E-state index is 11.5. The predicted octanol–water partition coefficient (Wildman–Crippen LogP) is 8.21. The van der Waals surface area contributed by atoms with Crippen molar-refractivity contribution in [2.75, 3.05) is 91.9 Å². The summed E-state index contributed by atoms with van der Waals surface area (Å²) in [5, 5.41) is 1.88. The molecule has 0 fully saturated rings. The van der Waals surface area contributed by atoms with Crippen LogP contribution in [-0.4, -0.2) is 104 Å². The van der Waals surface area contributed by atoms with Gasteiger partial charge >= 0.3 is 11.9 Å². The van der Waals surface area contributed by atoms with E-state index in [0.29, 0.717) is 63.9 Å². The minimum Gasteiger partial charge on any atom is -0.459 e. The zero-order valence-electron chi connectivity index (χ0n) is 39.7. The molecule has 0 bridgehead atoms. The van der Waals surface area contributed by atoms with Crippen molar-refractivity contribution in [3.8, 4) is 34.8 Å². The molecule has 2 heterocycles. The summed E-state index contributed by atoms with van der Waals surface area (Å²) in [6.07, 6.45) is 1.40. The second-order valence-corrected chi connectivity index (χ2v) is 16.9. The molecule has 0 spiro atoms. The fourth-order valence-corrected chi connectivity index (χ4v) is 8.44. The Hall–Kier alpha value is -6.80. The molecule has 1 aliphatic rings. The third-order valence-electron chi connectivity index (χ3n) is 11.7. The lowest BCUT2D eigenvalue weighted by atomic mass is 9.72. The minimum absolute atomic E-state index is 0.113. The van der Waals surface area contributed by atoms with Crippen molar-refractivity contribution < 1.29 is 38.0 Å². The number of fused-ring (bicyclic) bond motifs is 5. The van der Waals surface area contributed by atoms with Crippen LogP contribution < -0.4 is 9.80 Å². The monoisotopic (exact) mass is 902 g/mol. The van der Waals surface area contributed by atoms with Gasteiger partial charge in [-0.05, 0) is 95.8 Å². The zero-order chi connectivity index (χ0) is 47.5. The Kier molecular flexibility index (Phi) is 15.9. The van der Waals surface area contributed by atoms with Crippen LogP contribution >= 0.6 is 0 Å². The van der Waals surface area contributed by atoms with Crippen molar-refractivity contribution in [1.29, 1.82) is 0 Å². The number of methoxy groups -OCH3 is 2. The number of aromatic nitrogens is 2. The maximum Gasteiger partial charge on any atom is 0.303 e. The molecule has 7 rings (SSSR count). The van der Waals surface area contributed by atoms with Crippen molar-refractivity contribution in [3.05, 3.63) is 130 Å². The summed E-state index contributed by atoms with van der Waals surface area (Å²) >= 11 is 0. The highest BCUT2D eigenvalue weighted by Crippen LogP contribution is 2.53. The standard InChI is InChI=1S/C55H58N4O8/c1-37(60)66-35-45-17-15-43-29-41(33-51(58(3)4)53(43)56-45)11-9-39-13-19-47-48-20-14-40(10-12-42-30-44-16-18-46(36-67-38(2)61)57-54(44)52(34-42)59(5)6)32-50(48)55(49(47)31-39,21-23-64-27-25-62-7)22-24-65-28-26-63-8/h13-20,29-34H,21-28,35-36H2,1-8H3. The van der Waals surface area contributed by atoms with Gasteiger partial charge in [-0.1, -0.05) is 47.9 Å². The lowest BCUT2D eigenvalue weighted by Gasteiger charge is -2.32. The second-order valence-electron chi connectivity index (χ2n) is 16.9. The molecule has 4 aromatic carbocycles. The van der Waals surface area contributed by atoms with E-state index in [1.54, 1.807) is 14.2 Å². The molecular weight excluding hydrogens is 845 g/mol. The van der Waals surface area contributed by atoms with Gasteiger partial charge in [-0.15, -0.1) is 0 Å². The molecule has 0 saturated heterocycles. The molecule has 12 heteroatoms. The van der Waals surface area contributed by atoms with E-state index in [1.165, 1.54) is 25.0 Å². The molecule has 12 nitrogen and oxygen atoms in total. The highest BCUT2D eigenvalue weighted by atomic mass is 16.5. The van der Waals surface area contributed by atoms with E-state index in [0.717, 1.165) is 66.6 Å². The average Bonchev–Trinajstić information content (AvgIpc) is 3.58. The first-order valence-electron chi connectivity index (χ1n) is 22.3. The number of hydrogen-bond acceptors (Lipinski definition) is 12. The van der Waals surface area contributed by atoms with Crippen molar-refractivity contribution in [1.82, 2.24) is 9.97 Å². The second kappa shape index (κ2) is 22.1. The number of carbonyl (C=O) groups is 2. The summed E-state index contributed by atoms with van der Waals surface area (Å²) in [5.41, 5.74) is 12.5. The number of pyridine rings is 2. The molecule has 0 aliphatic heterocycles. The lowest BCUT2D eigenvalue weighted by Crippen LogP contribution is -2.30. The third kappa shape index (κ3) is 11.6. The molecule has 346 valence electrons. The van der Waals surface area contributed by atoms with Crippen LogP contribution in [0, 0.1) is 23.7 Å². The fraction of sp³-hybridized carbons (Fsp3) is 0.345. The summed E-state index contributed by atoms with van der Waals surface area (Å²) in [4.78, 5) is 36.6. The van der Waals surface area contributed by atoms with Crippen LogP contribution in [0.15, 0.2) is 84.9 Å². The van der Waals surface area contributed by atoms with E-state index in [2.05, 4.69) is 60.1 Å².